The predicted molar refractivity (Wildman–Crippen MR) is 88.5 cm³/mol. The Kier molecular flexibility index (Phi) is 3.17. The van der Waals surface area contributed by atoms with Crippen molar-refractivity contribution in [2.45, 2.75) is 32.1 Å². The van der Waals surface area contributed by atoms with Crippen molar-refractivity contribution in [3.8, 4) is 0 Å². The van der Waals surface area contributed by atoms with Crippen molar-refractivity contribution in [1.82, 2.24) is 9.88 Å². The maximum absolute atomic E-state index is 12.7. The van der Waals surface area contributed by atoms with E-state index in [4.69, 9.17) is 0 Å². The largest absolute Gasteiger partial charge is 0.285 e. The molecule has 0 saturated carbocycles. The van der Waals surface area contributed by atoms with Crippen molar-refractivity contribution >= 4 is 23.2 Å². The van der Waals surface area contributed by atoms with Crippen LogP contribution in [0.4, 0.5) is 0 Å². The van der Waals surface area contributed by atoms with E-state index in [1.165, 1.54) is 10.5 Å². The van der Waals surface area contributed by atoms with Gasteiger partial charge in [0.15, 0.2) is 0 Å². The minimum atomic E-state index is -0.353. The Balaban J connectivity index is 1.86. The summed E-state index contributed by atoms with van der Waals surface area (Å²) in [4.78, 5) is 32.3. The molecule has 2 aromatic rings. The second-order valence-electron chi connectivity index (χ2n) is 6.50. The Bertz CT molecular complexity index is 809. The third-order valence-corrected chi connectivity index (χ3v) is 6.14. The van der Waals surface area contributed by atoms with Gasteiger partial charge in [-0.05, 0) is 25.8 Å². The number of thiazole rings is 1. The maximum Gasteiger partial charge on any atom is 0.238 e. The fourth-order valence-corrected chi connectivity index (χ4v) is 4.96. The summed E-state index contributed by atoms with van der Waals surface area (Å²) < 4.78 is 0. The maximum atomic E-state index is 12.7. The van der Waals surface area contributed by atoms with Crippen LogP contribution in [0.25, 0.3) is 0 Å². The number of likely N-dealkylation sites (N-methyl/N-ethyl adjacent to an activating group) is 1. The fraction of sp³-hybridized carbons (Fsp3) is 0.389. The average Bonchev–Trinajstić information content (AvgIpc) is 3.00. The van der Waals surface area contributed by atoms with E-state index >= 15 is 0 Å². The minimum absolute atomic E-state index is 0.0241. The van der Waals surface area contributed by atoms with Crippen molar-refractivity contribution in [2.24, 2.45) is 5.92 Å². The molecule has 0 radical (unpaired) electrons. The molecule has 0 N–H and O–H groups in total. The standard InChI is InChI=1S/C18H18N2O2S/c1-9-4-6-11(7-5-9)12-8-13-16(23-10(2)19-13)15-14(12)17(21)20(3)18(15)22/h4-7,12,14-15H,8H2,1-3H3/t12-,14+,15+/m0/s1. The smallest absolute Gasteiger partial charge is 0.238 e. The number of imide groups is 1. The molecule has 1 saturated heterocycles. The molecule has 5 heteroatoms. The molecule has 23 heavy (non-hydrogen) atoms. The van der Waals surface area contributed by atoms with Crippen LogP contribution in [0.1, 0.15) is 38.5 Å². The van der Waals surface area contributed by atoms with E-state index in [1.807, 2.05) is 13.8 Å². The Morgan fingerprint density at radius 3 is 2.52 bits per heavy atom. The lowest BCUT2D eigenvalue weighted by Crippen LogP contribution is -2.30. The number of hydrogen-bond acceptors (Lipinski definition) is 4. The number of carbonyl (C=O) groups is 2. The molecule has 0 bridgehead atoms. The van der Waals surface area contributed by atoms with Crippen LogP contribution in [0.3, 0.4) is 0 Å². The van der Waals surface area contributed by atoms with E-state index in [9.17, 15) is 9.59 Å². The highest BCUT2D eigenvalue weighted by atomic mass is 32.1. The van der Waals surface area contributed by atoms with Crippen LogP contribution in [0.2, 0.25) is 0 Å². The highest BCUT2D eigenvalue weighted by Gasteiger charge is 2.54. The number of hydrogen-bond donors (Lipinski definition) is 0. The van der Waals surface area contributed by atoms with Crippen molar-refractivity contribution < 1.29 is 9.59 Å². The summed E-state index contributed by atoms with van der Waals surface area (Å²) in [6.45, 7) is 4.01. The van der Waals surface area contributed by atoms with Crippen LogP contribution in [0.5, 0.6) is 0 Å². The van der Waals surface area contributed by atoms with Crippen LogP contribution < -0.4 is 0 Å². The molecular formula is C18H18N2O2S. The normalized spacial score (nSPS) is 26.4. The van der Waals surface area contributed by atoms with Crippen molar-refractivity contribution in [3.05, 3.63) is 51.0 Å². The lowest BCUT2D eigenvalue weighted by Gasteiger charge is -2.30. The molecule has 2 amide bonds. The molecule has 118 valence electrons. The SMILES string of the molecule is Cc1ccc([C@@H]2Cc3nc(C)sc3[C@@H]3C(=O)N(C)C(=O)[C@H]23)cc1. The third kappa shape index (κ3) is 2.06. The van der Waals surface area contributed by atoms with Gasteiger partial charge in [0.25, 0.3) is 0 Å². The minimum Gasteiger partial charge on any atom is -0.285 e. The first-order chi connectivity index (χ1) is 11.0. The Hall–Kier alpha value is -2.01. The number of aromatic nitrogens is 1. The van der Waals surface area contributed by atoms with E-state index in [-0.39, 0.29) is 29.6 Å². The molecule has 2 aliphatic rings. The Labute approximate surface area is 139 Å². The lowest BCUT2D eigenvalue weighted by molar-refractivity contribution is -0.137. The molecule has 4 nitrogen and oxygen atoms in total. The number of benzene rings is 1. The summed E-state index contributed by atoms with van der Waals surface area (Å²) in [6.07, 6.45) is 0.733. The second kappa shape index (κ2) is 4.99. The lowest BCUT2D eigenvalue weighted by atomic mass is 9.72. The number of nitrogens with zero attached hydrogens (tertiary/aromatic N) is 2. The number of carbonyl (C=O) groups excluding carboxylic acids is 2. The van der Waals surface area contributed by atoms with E-state index in [2.05, 4.69) is 29.2 Å². The summed E-state index contributed by atoms with van der Waals surface area (Å²) in [5.41, 5.74) is 3.31. The topological polar surface area (TPSA) is 50.3 Å². The number of aryl methyl sites for hydroxylation is 2. The summed E-state index contributed by atoms with van der Waals surface area (Å²) in [5, 5.41) is 0.966. The highest BCUT2D eigenvalue weighted by Crippen LogP contribution is 2.50. The second-order valence-corrected chi connectivity index (χ2v) is 7.74. The summed E-state index contributed by atoms with van der Waals surface area (Å²) in [6, 6.07) is 8.29. The van der Waals surface area contributed by atoms with Gasteiger partial charge in [0.05, 0.1) is 22.5 Å². The van der Waals surface area contributed by atoms with Crippen LogP contribution in [-0.4, -0.2) is 28.7 Å². The van der Waals surface area contributed by atoms with Crippen molar-refractivity contribution in [2.75, 3.05) is 7.05 Å². The first kappa shape index (κ1) is 14.6. The first-order valence-corrected chi connectivity index (χ1v) is 8.63. The number of likely N-dealkylation sites (tertiary alicyclic amines) is 1. The first-order valence-electron chi connectivity index (χ1n) is 7.81. The molecule has 0 spiro atoms. The monoisotopic (exact) mass is 326 g/mol. The molecule has 1 fully saturated rings. The van der Waals surface area contributed by atoms with Gasteiger partial charge in [-0.25, -0.2) is 4.98 Å². The summed E-state index contributed by atoms with van der Waals surface area (Å²) in [7, 11) is 1.60. The predicted octanol–water partition coefficient (Wildman–Crippen LogP) is 2.80. The highest BCUT2D eigenvalue weighted by molar-refractivity contribution is 7.12. The molecular weight excluding hydrogens is 308 g/mol. The molecule has 1 aromatic heterocycles. The summed E-state index contributed by atoms with van der Waals surface area (Å²) >= 11 is 1.56. The van der Waals surface area contributed by atoms with Gasteiger partial charge in [-0.3, -0.25) is 14.5 Å². The molecule has 3 atom stereocenters. The van der Waals surface area contributed by atoms with Gasteiger partial charge in [-0.15, -0.1) is 11.3 Å². The van der Waals surface area contributed by atoms with E-state index in [1.54, 1.807) is 18.4 Å². The fourth-order valence-electron chi connectivity index (χ4n) is 3.87. The zero-order chi connectivity index (χ0) is 16.3. The number of amides is 2. The number of fused-ring (bicyclic) bond motifs is 3. The van der Waals surface area contributed by atoms with E-state index in [0.717, 1.165) is 27.6 Å². The molecule has 0 unspecified atom stereocenters. The molecule has 1 aliphatic heterocycles. The van der Waals surface area contributed by atoms with E-state index < -0.39 is 0 Å². The Morgan fingerprint density at radius 2 is 1.83 bits per heavy atom. The van der Waals surface area contributed by atoms with Gasteiger partial charge >= 0.3 is 0 Å². The molecule has 2 heterocycles. The van der Waals surface area contributed by atoms with Gasteiger partial charge in [0, 0.05) is 17.8 Å². The molecule has 4 rings (SSSR count). The third-order valence-electron chi connectivity index (χ3n) is 5.04. The van der Waals surface area contributed by atoms with Crippen molar-refractivity contribution in [3.63, 3.8) is 0 Å². The van der Waals surface area contributed by atoms with Crippen LogP contribution in [0.15, 0.2) is 24.3 Å². The van der Waals surface area contributed by atoms with Gasteiger partial charge in [0.1, 0.15) is 0 Å². The van der Waals surface area contributed by atoms with Gasteiger partial charge < -0.3 is 0 Å². The zero-order valence-electron chi connectivity index (χ0n) is 13.4. The van der Waals surface area contributed by atoms with Crippen LogP contribution in [-0.2, 0) is 16.0 Å². The Morgan fingerprint density at radius 1 is 1.13 bits per heavy atom. The van der Waals surface area contributed by atoms with Crippen LogP contribution >= 0.6 is 11.3 Å². The van der Waals surface area contributed by atoms with Gasteiger partial charge in [-0.1, -0.05) is 29.8 Å². The van der Waals surface area contributed by atoms with Gasteiger partial charge in [-0.2, -0.15) is 0 Å². The van der Waals surface area contributed by atoms with Crippen molar-refractivity contribution in [1.29, 1.82) is 0 Å². The van der Waals surface area contributed by atoms with Gasteiger partial charge in [0.2, 0.25) is 11.8 Å². The average molecular weight is 326 g/mol. The quantitative estimate of drug-likeness (QED) is 0.757. The van der Waals surface area contributed by atoms with E-state index in [0.29, 0.717) is 0 Å². The molecule has 1 aliphatic carbocycles. The molecule has 1 aromatic carbocycles. The zero-order valence-corrected chi connectivity index (χ0v) is 14.2. The summed E-state index contributed by atoms with van der Waals surface area (Å²) in [5.74, 6) is -0.753. The van der Waals surface area contributed by atoms with Crippen LogP contribution in [0, 0.1) is 19.8 Å². The number of rotatable bonds is 1.